The maximum absolute atomic E-state index is 5.04. The van der Waals surface area contributed by atoms with Gasteiger partial charge < -0.3 is 10.1 Å². The number of methoxy groups -OCH3 is 1. The van der Waals surface area contributed by atoms with Crippen LogP contribution in [0.3, 0.4) is 0 Å². The predicted molar refractivity (Wildman–Crippen MR) is 65.1 cm³/mol. The molecule has 1 fully saturated rings. The molecule has 0 aromatic heterocycles. The lowest BCUT2D eigenvalue weighted by atomic mass is 9.84. The van der Waals surface area contributed by atoms with Gasteiger partial charge in [-0.05, 0) is 38.1 Å². The molecule has 2 heteroatoms. The van der Waals surface area contributed by atoms with Crippen molar-refractivity contribution in [2.45, 2.75) is 57.9 Å². The van der Waals surface area contributed by atoms with Crippen molar-refractivity contribution >= 4 is 0 Å². The molecule has 2 unspecified atom stereocenters. The number of rotatable bonds is 7. The van der Waals surface area contributed by atoms with Crippen LogP contribution in [0, 0.1) is 5.92 Å². The number of ether oxygens (including phenoxy) is 1. The van der Waals surface area contributed by atoms with Gasteiger partial charge in [-0.2, -0.15) is 0 Å². The van der Waals surface area contributed by atoms with Crippen molar-refractivity contribution in [3.05, 3.63) is 0 Å². The van der Waals surface area contributed by atoms with E-state index in [1.807, 2.05) is 0 Å². The fourth-order valence-electron chi connectivity index (χ4n) is 2.52. The minimum atomic E-state index is 0.797. The summed E-state index contributed by atoms with van der Waals surface area (Å²) < 4.78 is 5.04. The van der Waals surface area contributed by atoms with E-state index >= 15 is 0 Å². The topological polar surface area (TPSA) is 21.3 Å². The van der Waals surface area contributed by atoms with Crippen molar-refractivity contribution in [3.8, 4) is 0 Å². The lowest BCUT2D eigenvalue weighted by Crippen LogP contribution is -2.34. The molecular formula is C13H27NO. The minimum absolute atomic E-state index is 0.797. The highest BCUT2D eigenvalue weighted by Gasteiger charge is 2.19. The average Bonchev–Trinajstić information content (AvgIpc) is 2.29. The third-order valence-electron chi connectivity index (χ3n) is 3.57. The van der Waals surface area contributed by atoms with Crippen LogP contribution in [-0.2, 0) is 4.74 Å². The van der Waals surface area contributed by atoms with Crippen LogP contribution in [0.25, 0.3) is 0 Å². The SMILES string of the molecule is CCC1CCCC(NCCCCOC)C1. The van der Waals surface area contributed by atoms with Crippen LogP contribution in [0.5, 0.6) is 0 Å². The van der Waals surface area contributed by atoms with Crippen molar-refractivity contribution in [3.63, 3.8) is 0 Å². The van der Waals surface area contributed by atoms with Gasteiger partial charge in [0.25, 0.3) is 0 Å². The number of unbranched alkanes of at least 4 members (excludes halogenated alkanes) is 1. The fraction of sp³-hybridized carbons (Fsp3) is 1.00. The van der Waals surface area contributed by atoms with Gasteiger partial charge in [-0.1, -0.05) is 26.2 Å². The van der Waals surface area contributed by atoms with E-state index in [1.54, 1.807) is 7.11 Å². The first-order valence-electron chi connectivity index (χ1n) is 6.59. The van der Waals surface area contributed by atoms with Gasteiger partial charge in [-0.25, -0.2) is 0 Å². The molecule has 90 valence electrons. The Balaban J connectivity index is 2.00. The standard InChI is InChI=1S/C13H27NO/c1-3-12-7-6-8-13(11-12)14-9-4-5-10-15-2/h12-14H,3-11H2,1-2H3. The van der Waals surface area contributed by atoms with Gasteiger partial charge in [0, 0.05) is 19.8 Å². The molecule has 0 amide bonds. The Labute approximate surface area is 94.8 Å². The molecule has 1 N–H and O–H groups in total. The van der Waals surface area contributed by atoms with E-state index in [2.05, 4.69) is 12.2 Å². The molecule has 0 aromatic carbocycles. The largest absolute Gasteiger partial charge is 0.385 e. The first kappa shape index (κ1) is 13.0. The van der Waals surface area contributed by atoms with Crippen LogP contribution in [0.1, 0.15) is 51.9 Å². The summed E-state index contributed by atoms with van der Waals surface area (Å²) in [6.07, 6.45) is 9.48. The quantitative estimate of drug-likeness (QED) is 0.656. The molecule has 1 rings (SSSR count). The second-order valence-electron chi connectivity index (χ2n) is 4.79. The van der Waals surface area contributed by atoms with Gasteiger partial charge in [-0.3, -0.25) is 0 Å². The molecular weight excluding hydrogens is 186 g/mol. The molecule has 0 aliphatic heterocycles. The van der Waals surface area contributed by atoms with Crippen LogP contribution < -0.4 is 5.32 Å². The summed E-state index contributed by atoms with van der Waals surface area (Å²) in [6, 6.07) is 0.797. The van der Waals surface area contributed by atoms with E-state index in [4.69, 9.17) is 4.74 Å². The first-order valence-corrected chi connectivity index (χ1v) is 6.59. The molecule has 2 atom stereocenters. The molecule has 0 saturated heterocycles. The van der Waals surface area contributed by atoms with Crippen LogP contribution in [0.2, 0.25) is 0 Å². The van der Waals surface area contributed by atoms with Crippen molar-refractivity contribution in [1.29, 1.82) is 0 Å². The fourth-order valence-corrected chi connectivity index (χ4v) is 2.52. The average molecular weight is 213 g/mol. The molecule has 1 saturated carbocycles. The van der Waals surface area contributed by atoms with E-state index in [0.717, 1.165) is 18.6 Å². The van der Waals surface area contributed by atoms with Gasteiger partial charge >= 0.3 is 0 Å². The summed E-state index contributed by atoms with van der Waals surface area (Å²) >= 11 is 0. The highest BCUT2D eigenvalue weighted by Crippen LogP contribution is 2.26. The Morgan fingerprint density at radius 3 is 2.87 bits per heavy atom. The Morgan fingerprint density at radius 2 is 2.13 bits per heavy atom. The first-order chi connectivity index (χ1) is 7.36. The highest BCUT2D eigenvalue weighted by molar-refractivity contribution is 4.77. The third kappa shape index (κ3) is 5.53. The maximum atomic E-state index is 5.04. The van der Waals surface area contributed by atoms with E-state index < -0.39 is 0 Å². The Kier molecular flexibility index (Phi) is 7.03. The van der Waals surface area contributed by atoms with Crippen LogP contribution in [-0.4, -0.2) is 26.3 Å². The van der Waals surface area contributed by atoms with Gasteiger partial charge in [0.15, 0.2) is 0 Å². The minimum Gasteiger partial charge on any atom is -0.385 e. The van der Waals surface area contributed by atoms with E-state index in [0.29, 0.717) is 0 Å². The summed E-state index contributed by atoms with van der Waals surface area (Å²) in [4.78, 5) is 0. The van der Waals surface area contributed by atoms with E-state index in [-0.39, 0.29) is 0 Å². The Hall–Kier alpha value is -0.0800. The Bertz CT molecular complexity index is 149. The smallest absolute Gasteiger partial charge is 0.0462 e. The summed E-state index contributed by atoms with van der Waals surface area (Å²) in [5.74, 6) is 0.982. The lowest BCUT2D eigenvalue weighted by Gasteiger charge is -2.29. The summed E-state index contributed by atoms with van der Waals surface area (Å²) in [5, 5.41) is 3.69. The van der Waals surface area contributed by atoms with Gasteiger partial charge in [0.05, 0.1) is 0 Å². The van der Waals surface area contributed by atoms with Gasteiger partial charge in [0.1, 0.15) is 0 Å². The summed E-state index contributed by atoms with van der Waals surface area (Å²) in [5.41, 5.74) is 0. The summed E-state index contributed by atoms with van der Waals surface area (Å²) in [7, 11) is 1.78. The monoisotopic (exact) mass is 213 g/mol. The second kappa shape index (κ2) is 8.12. The van der Waals surface area contributed by atoms with Crippen LogP contribution in [0.15, 0.2) is 0 Å². The lowest BCUT2D eigenvalue weighted by molar-refractivity contribution is 0.191. The molecule has 0 bridgehead atoms. The van der Waals surface area contributed by atoms with Crippen molar-refractivity contribution in [1.82, 2.24) is 5.32 Å². The Morgan fingerprint density at radius 1 is 1.27 bits per heavy atom. The van der Waals surface area contributed by atoms with Crippen LogP contribution >= 0.6 is 0 Å². The molecule has 0 heterocycles. The zero-order valence-electron chi connectivity index (χ0n) is 10.4. The molecule has 15 heavy (non-hydrogen) atoms. The number of hydrogen-bond acceptors (Lipinski definition) is 2. The maximum Gasteiger partial charge on any atom is 0.0462 e. The third-order valence-corrected chi connectivity index (χ3v) is 3.57. The molecule has 1 aliphatic carbocycles. The molecule has 0 aromatic rings. The highest BCUT2D eigenvalue weighted by atomic mass is 16.5. The van der Waals surface area contributed by atoms with Gasteiger partial charge in [-0.15, -0.1) is 0 Å². The van der Waals surface area contributed by atoms with Crippen molar-refractivity contribution < 1.29 is 4.74 Å². The van der Waals surface area contributed by atoms with E-state index in [1.165, 1.54) is 51.5 Å². The van der Waals surface area contributed by atoms with Crippen LogP contribution in [0.4, 0.5) is 0 Å². The zero-order chi connectivity index (χ0) is 10.9. The van der Waals surface area contributed by atoms with E-state index in [9.17, 15) is 0 Å². The predicted octanol–water partition coefficient (Wildman–Crippen LogP) is 2.97. The molecule has 1 aliphatic rings. The molecule has 2 nitrogen and oxygen atoms in total. The summed E-state index contributed by atoms with van der Waals surface area (Å²) in [6.45, 7) is 4.40. The van der Waals surface area contributed by atoms with Gasteiger partial charge in [0.2, 0.25) is 0 Å². The molecule has 0 spiro atoms. The van der Waals surface area contributed by atoms with Crippen molar-refractivity contribution in [2.24, 2.45) is 5.92 Å². The number of nitrogens with one attached hydrogen (secondary N) is 1. The zero-order valence-corrected chi connectivity index (χ0v) is 10.4. The number of hydrogen-bond donors (Lipinski definition) is 1. The van der Waals surface area contributed by atoms with Crippen molar-refractivity contribution in [2.75, 3.05) is 20.3 Å². The normalized spacial score (nSPS) is 26.8. The molecule has 0 radical (unpaired) electrons. The second-order valence-corrected chi connectivity index (χ2v) is 4.79.